The van der Waals surface area contributed by atoms with Gasteiger partial charge in [-0.25, -0.2) is 0 Å². The van der Waals surface area contributed by atoms with Crippen LogP contribution in [0.25, 0.3) is 0 Å². The van der Waals surface area contributed by atoms with E-state index in [0.717, 1.165) is 5.56 Å². The molecule has 9 heteroatoms. The van der Waals surface area contributed by atoms with E-state index in [0.29, 0.717) is 10.8 Å². The third-order valence-corrected chi connectivity index (χ3v) is 4.34. The maximum atomic E-state index is 12.4. The number of pyridine rings is 1. The fraction of sp³-hybridized carbons (Fsp3) is 0.0952. The van der Waals surface area contributed by atoms with E-state index in [4.69, 9.17) is 27.9 Å². The second-order valence-electron chi connectivity index (χ2n) is 5.72. The molecule has 3 rings (SSSR count). The second kappa shape index (κ2) is 11.6. The van der Waals surface area contributed by atoms with E-state index in [1.165, 1.54) is 30.3 Å². The normalized spacial score (nSPS) is 9.67. The molecule has 0 saturated carbocycles. The van der Waals surface area contributed by atoms with Crippen LogP contribution in [0.4, 0.5) is 5.69 Å². The number of aromatic carboxylic acids is 1. The minimum absolute atomic E-state index is 0. The van der Waals surface area contributed by atoms with Gasteiger partial charge in [0.25, 0.3) is 5.91 Å². The van der Waals surface area contributed by atoms with Crippen LogP contribution in [0.2, 0.25) is 10.0 Å². The van der Waals surface area contributed by atoms with E-state index in [2.05, 4.69) is 10.3 Å². The molecule has 30 heavy (non-hydrogen) atoms. The van der Waals surface area contributed by atoms with Crippen LogP contribution in [-0.4, -0.2) is 16.9 Å². The summed E-state index contributed by atoms with van der Waals surface area (Å²) in [6, 6.07) is 12.2. The van der Waals surface area contributed by atoms with Gasteiger partial charge in [0, 0.05) is 23.0 Å². The molecule has 0 aliphatic carbocycles. The molecular formula is C21H17Cl2LiN2O4. The first-order valence-electron chi connectivity index (χ1n) is 8.07. The number of carboxylic acid groups (broad SMARTS) is 1. The molecule has 1 aromatic heterocycles. The molecule has 150 valence electrons. The predicted molar refractivity (Wildman–Crippen MR) is 110 cm³/mol. The van der Waals surface area contributed by atoms with Crippen molar-refractivity contribution in [1.29, 1.82) is 0 Å². The van der Waals surface area contributed by atoms with Crippen LogP contribution in [-0.2, 0) is 6.61 Å². The second-order valence-corrected chi connectivity index (χ2v) is 6.56. The predicted octanol–water partition coefficient (Wildman–Crippen LogP) is 1.22. The first-order valence-corrected chi connectivity index (χ1v) is 8.83. The molecule has 2 aromatic carbocycles. The van der Waals surface area contributed by atoms with Crippen molar-refractivity contribution in [3.05, 3.63) is 87.7 Å². The summed E-state index contributed by atoms with van der Waals surface area (Å²) < 4.78 is 5.59. The Kier molecular flexibility index (Phi) is 9.90. The number of amides is 1. The van der Waals surface area contributed by atoms with Gasteiger partial charge in [-0.2, -0.15) is 0 Å². The van der Waals surface area contributed by atoms with Crippen molar-refractivity contribution in [3.63, 3.8) is 0 Å². The largest absolute Gasteiger partial charge is 1.00 e. The zero-order valence-corrected chi connectivity index (χ0v) is 16.8. The Labute approximate surface area is 196 Å². The number of nitrogens with zero attached hydrogens (tertiary/aromatic N) is 1. The average Bonchev–Trinajstić information content (AvgIpc) is 2.67. The standard InChI is InChI=1S/C20H14Cl2N2O4.CH4.Li/c21-13-1-3-15(17(22)9-13)19(25)24-18-4-2-14(10-16(18)20(26)27)28-11-12-5-7-23-8-6-12;;/h1-10H,11H2,(H,24,25)(H,26,27);1H4;/q;;+1/p-1. The van der Waals surface area contributed by atoms with Gasteiger partial charge in [-0.05, 0) is 54.1 Å². The molecule has 0 saturated heterocycles. The van der Waals surface area contributed by atoms with Gasteiger partial charge >= 0.3 is 18.9 Å². The Balaban J connectivity index is 0.00000225. The summed E-state index contributed by atoms with van der Waals surface area (Å²) in [6.45, 7) is 0.237. The quantitative estimate of drug-likeness (QED) is 0.584. The van der Waals surface area contributed by atoms with Gasteiger partial charge in [0.05, 0.1) is 22.2 Å². The van der Waals surface area contributed by atoms with Crippen molar-refractivity contribution in [2.75, 3.05) is 5.32 Å². The van der Waals surface area contributed by atoms with Gasteiger partial charge in [-0.3, -0.25) is 9.78 Å². The summed E-state index contributed by atoms with van der Waals surface area (Å²) in [5.41, 5.74) is 0.881. The Bertz CT molecular complexity index is 1030. The van der Waals surface area contributed by atoms with Gasteiger partial charge in [0.2, 0.25) is 0 Å². The third kappa shape index (κ3) is 6.51. The smallest absolute Gasteiger partial charge is 0.545 e. The van der Waals surface area contributed by atoms with Crippen molar-refractivity contribution >= 4 is 40.8 Å². The van der Waals surface area contributed by atoms with Crippen LogP contribution in [0.3, 0.4) is 0 Å². The molecule has 0 fully saturated rings. The fourth-order valence-corrected chi connectivity index (χ4v) is 2.89. The molecule has 1 N–H and O–H groups in total. The first-order chi connectivity index (χ1) is 13.4. The van der Waals surface area contributed by atoms with E-state index in [1.54, 1.807) is 30.6 Å². The van der Waals surface area contributed by atoms with E-state index in [9.17, 15) is 14.7 Å². The Hall–Kier alpha value is -2.49. The number of rotatable bonds is 6. The molecule has 3 aromatic rings. The summed E-state index contributed by atoms with van der Waals surface area (Å²) in [5, 5.41) is 14.6. The monoisotopic (exact) mass is 438 g/mol. The molecule has 0 bridgehead atoms. The van der Waals surface area contributed by atoms with Crippen molar-refractivity contribution < 1.29 is 38.3 Å². The zero-order valence-electron chi connectivity index (χ0n) is 15.3. The summed E-state index contributed by atoms with van der Waals surface area (Å²) in [6.07, 6.45) is 3.26. The first kappa shape index (κ1) is 25.5. The molecule has 0 unspecified atom stereocenters. The number of hydrogen-bond acceptors (Lipinski definition) is 5. The number of benzene rings is 2. The van der Waals surface area contributed by atoms with Crippen molar-refractivity contribution in [3.8, 4) is 5.75 Å². The van der Waals surface area contributed by atoms with Crippen molar-refractivity contribution in [1.82, 2.24) is 4.98 Å². The Morgan fingerprint density at radius 2 is 1.70 bits per heavy atom. The van der Waals surface area contributed by atoms with Crippen LogP contribution in [0.5, 0.6) is 5.75 Å². The van der Waals surface area contributed by atoms with Gasteiger partial charge in [-0.15, -0.1) is 0 Å². The number of hydrogen-bond donors (Lipinski definition) is 1. The minimum atomic E-state index is -1.45. The molecule has 0 spiro atoms. The molecule has 1 amide bonds. The van der Waals surface area contributed by atoms with Gasteiger partial charge in [-0.1, -0.05) is 30.6 Å². The SMILES string of the molecule is C.O=C(Nc1ccc(OCc2ccncc2)cc1C(=O)[O-])c1ccc(Cl)cc1Cl.[Li+]. The molecule has 0 radical (unpaired) electrons. The van der Waals surface area contributed by atoms with Crippen LogP contribution in [0, 0.1) is 0 Å². The molecule has 0 atom stereocenters. The Morgan fingerprint density at radius 1 is 1.00 bits per heavy atom. The number of nitrogens with one attached hydrogen (secondary N) is 1. The summed E-state index contributed by atoms with van der Waals surface area (Å²) in [7, 11) is 0. The van der Waals surface area contributed by atoms with Crippen LogP contribution < -0.4 is 34.0 Å². The molecule has 6 nitrogen and oxygen atoms in total. The molecular weight excluding hydrogens is 422 g/mol. The molecule has 1 heterocycles. The number of aromatic nitrogens is 1. The van der Waals surface area contributed by atoms with Gasteiger partial charge in [0.15, 0.2) is 0 Å². The maximum Gasteiger partial charge on any atom is 1.00 e. The number of carbonyl (C=O) groups excluding carboxylic acids is 2. The molecule has 0 aliphatic rings. The summed E-state index contributed by atoms with van der Waals surface area (Å²) in [4.78, 5) is 27.8. The molecule has 0 aliphatic heterocycles. The topological polar surface area (TPSA) is 91.3 Å². The number of carbonyl (C=O) groups is 2. The van der Waals surface area contributed by atoms with Gasteiger partial charge in [0.1, 0.15) is 12.4 Å². The zero-order chi connectivity index (χ0) is 20.1. The van der Waals surface area contributed by atoms with Crippen LogP contribution in [0.1, 0.15) is 33.7 Å². The van der Waals surface area contributed by atoms with Gasteiger partial charge < -0.3 is 20.0 Å². The summed E-state index contributed by atoms with van der Waals surface area (Å²) in [5.74, 6) is -1.71. The maximum absolute atomic E-state index is 12.4. The van der Waals surface area contributed by atoms with E-state index < -0.39 is 11.9 Å². The van der Waals surface area contributed by atoms with Crippen LogP contribution >= 0.6 is 23.2 Å². The number of anilines is 1. The number of carboxylic acids is 1. The summed E-state index contributed by atoms with van der Waals surface area (Å²) >= 11 is 11.8. The van der Waals surface area contributed by atoms with Crippen LogP contribution in [0.15, 0.2) is 60.9 Å². The van der Waals surface area contributed by atoms with Crippen molar-refractivity contribution in [2.24, 2.45) is 0 Å². The number of ether oxygens (including phenoxy) is 1. The fourth-order valence-electron chi connectivity index (χ4n) is 2.40. The third-order valence-electron chi connectivity index (χ3n) is 3.79. The van der Waals surface area contributed by atoms with E-state index in [-0.39, 0.29) is 54.7 Å². The number of halogens is 2. The Morgan fingerprint density at radius 3 is 2.33 bits per heavy atom. The van der Waals surface area contributed by atoms with E-state index in [1.807, 2.05) is 0 Å². The van der Waals surface area contributed by atoms with Crippen molar-refractivity contribution in [2.45, 2.75) is 14.0 Å². The minimum Gasteiger partial charge on any atom is -0.545 e. The van der Waals surface area contributed by atoms with E-state index >= 15 is 0 Å². The average molecular weight is 439 g/mol.